The van der Waals surface area contributed by atoms with Crippen LogP contribution in [0.25, 0.3) is 0 Å². The van der Waals surface area contributed by atoms with Crippen molar-refractivity contribution >= 4 is 28.3 Å². The first-order chi connectivity index (χ1) is 16.3. The van der Waals surface area contributed by atoms with Gasteiger partial charge in [-0.25, -0.2) is 23.1 Å². The quantitative estimate of drug-likeness (QED) is 0.441. The van der Waals surface area contributed by atoms with Crippen LogP contribution in [0.4, 0.5) is 24.1 Å². The number of halogens is 3. The Balaban J connectivity index is 1.55. The van der Waals surface area contributed by atoms with E-state index >= 15 is 0 Å². The van der Waals surface area contributed by atoms with Crippen LogP contribution in [-0.2, 0) is 17.8 Å². The lowest BCUT2D eigenvalue weighted by atomic mass is 9.71. The fourth-order valence-electron chi connectivity index (χ4n) is 4.55. The van der Waals surface area contributed by atoms with Crippen molar-refractivity contribution in [1.29, 1.82) is 0 Å². The van der Waals surface area contributed by atoms with E-state index in [1.807, 2.05) is 11.8 Å². The molecule has 0 aliphatic carbocycles. The van der Waals surface area contributed by atoms with Gasteiger partial charge in [-0.2, -0.15) is 0 Å². The van der Waals surface area contributed by atoms with Gasteiger partial charge < -0.3 is 10.4 Å². The van der Waals surface area contributed by atoms with Gasteiger partial charge in [-0.05, 0) is 44.0 Å². The van der Waals surface area contributed by atoms with Crippen molar-refractivity contribution in [3.05, 3.63) is 70.6 Å². The van der Waals surface area contributed by atoms with Gasteiger partial charge in [-0.3, -0.25) is 9.69 Å². The lowest BCUT2D eigenvalue weighted by Gasteiger charge is -2.44. The molecule has 0 amide bonds. The van der Waals surface area contributed by atoms with E-state index in [-0.39, 0.29) is 43.1 Å². The molecule has 1 aromatic carbocycles. The van der Waals surface area contributed by atoms with Crippen LogP contribution < -0.4 is 5.32 Å². The highest BCUT2D eigenvalue weighted by Crippen LogP contribution is 2.40. The van der Waals surface area contributed by atoms with Crippen LogP contribution >= 0.6 is 11.3 Å². The Kier molecular flexibility index (Phi) is 7.18. The van der Waals surface area contributed by atoms with Crippen LogP contribution in [0.2, 0.25) is 0 Å². The van der Waals surface area contributed by atoms with Gasteiger partial charge in [0, 0.05) is 36.1 Å². The number of aliphatic carboxylic acids is 1. The number of anilines is 2. The number of nitrogens with one attached hydrogen (secondary N) is 1. The van der Waals surface area contributed by atoms with Crippen molar-refractivity contribution in [3.63, 3.8) is 0 Å². The minimum Gasteiger partial charge on any atom is -0.481 e. The molecule has 1 saturated heterocycles. The number of piperidine rings is 1. The van der Waals surface area contributed by atoms with E-state index in [1.165, 1.54) is 35.6 Å². The predicted molar refractivity (Wildman–Crippen MR) is 123 cm³/mol. The maximum Gasteiger partial charge on any atom is 0.310 e. The average Bonchev–Trinajstić information content (AvgIpc) is 3.33. The van der Waals surface area contributed by atoms with E-state index in [2.05, 4.69) is 15.3 Å². The molecule has 34 heavy (non-hydrogen) atoms. The normalized spacial score (nSPS) is 20.9. The first-order valence-electron chi connectivity index (χ1n) is 11.0. The molecule has 6 nitrogen and oxygen atoms in total. The number of rotatable bonds is 8. The summed E-state index contributed by atoms with van der Waals surface area (Å²) in [5.41, 5.74) is -0.913. The van der Waals surface area contributed by atoms with E-state index in [9.17, 15) is 23.1 Å². The molecular weight excluding hydrogens is 465 g/mol. The Labute approximate surface area is 199 Å². The molecule has 1 aliphatic heterocycles. The number of nitrogens with zero attached hydrogens (tertiary/aromatic N) is 3. The summed E-state index contributed by atoms with van der Waals surface area (Å²) in [6, 6.07) is 6.63. The Morgan fingerprint density at radius 1 is 1.26 bits per heavy atom. The number of pyridine rings is 1. The second kappa shape index (κ2) is 10.1. The molecule has 10 heteroatoms. The highest BCUT2D eigenvalue weighted by Gasteiger charge is 2.46. The number of carboxylic acid groups (broad SMARTS) is 1. The molecule has 180 valence electrons. The Bertz CT molecular complexity index is 1160. The fraction of sp³-hybridized carbons (Fsp3) is 0.375. The molecule has 0 bridgehead atoms. The van der Waals surface area contributed by atoms with Crippen LogP contribution in [0.1, 0.15) is 37.4 Å². The second-order valence-electron chi connectivity index (χ2n) is 8.55. The van der Waals surface area contributed by atoms with Crippen LogP contribution in [0.5, 0.6) is 0 Å². The molecule has 4 rings (SSSR count). The van der Waals surface area contributed by atoms with E-state index in [4.69, 9.17) is 0 Å². The van der Waals surface area contributed by atoms with E-state index in [0.717, 1.165) is 6.07 Å². The Hall–Kier alpha value is -2.98. The number of carbonyl (C=O) groups is 1. The van der Waals surface area contributed by atoms with Gasteiger partial charge in [0.05, 0.1) is 11.1 Å². The number of hydrogen-bond acceptors (Lipinski definition) is 6. The van der Waals surface area contributed by atoms with Crippen molar-refractivity contribution in [2.45, 2.75) is 45.2 Å². The summed E-state index contributed by atoms with van der Waals surface area (Å²) in [6.45, 7) is 2.46. The zero-order valence-electron chi connectivity index (χ0n) is 18.6. The Morgan fingerprint density at radius 3 is 2.79 bits per heavy atom. The third kappa shape index (κ3) is 5.07. The van der Waals surface area contributed by atoms with E-state index < -0.39 is 28.8 Å². The van der Waals surface area contributed by atoms with Crippen molar-refractivity contribution in [2.75, 3.05) is 11.9 Å². The third-order valence-electron chi connectivity index (χ3n) is 6.44. The highest BCUT2D eigenvalue weighted by atomic mass is 32.1. The first kappa shape index (κ1) is 24.2. The monoisotopic (exact) mass is 490 g/mol. The van der Waals surface area contributed by atoms with Gasteiger partial charge in [0.2, 0.25) is 0 Å². The first-order valence-corrected chi connectivity index (χ1v) is 11.9. The molecule has 0 spiro atoms. The maximum atomic E-state index is 14.7. The lowest BCUT2D eigenvalue weighted by molar-refractivity contribution is -0.154. The van der Waals surface area contributed by atoms with Gasteiger partial charge in [-0.15, -0.1) is 11.3 Å². The molecular formula is C24H25F3N4O2S. The maximum absolute atomic E-state index is 14.7. The highest BCUT2D eigenvalue weighted by molar-refractivity contribution is 7.13. The molecule has 2 aromatic heterocycles. The molecule has 3 heterocycles. The van der Waals surface area contributed by atoms with Gasteiger partial charge >= 0.3 is 5.97 Å². The molecule has 0 radical (unpaired) electrons. The summed E-state index contributed by atoms with van der Waals surface area (Å²) < 4.78 is 42.5. The minimum absolute atomic E-state index is 0.0692. The van der Waals surface area contributed by atoms with Crippen LogP contribution in [0, 0.1) is 22.9 Å². The van der Waals surface area contributed by atoms with Crippen molar-refractivity contribution in [1.82, 2.24) is 14.9 Å². The summed E-state index contributed by atoms with van der Waals surface area (Å²) in [7, 11) is 0. The molecule has 1 fully saturated rings. The summed E-state index contributed by atoms with van der Waals surface area (Å²) in [6.07, 6.45) is 2.67. The zero-order chi connectivity index (χ0) is 24.3. The summed E-state index contributed by atoms with van der Waals surface area (Å²) in [5, 5.41) is 15.6. The van der Waals surface area contributed by atoms with Crippen molar-refractivity contribution in [3.8, 4) is 0 Å². The zero-order valence-corrected chi connectivity index (χ0v) is 19.4. The molecule has 2 unspecified atom stereocenters. The smallest absolute Gasteiger partial charge is 0.310 e. The molecule has 2 N–H and O–H groups in total. The van der Waals surface area contributed by atoms with Gasteiger partial charge in [0.15, 0.2) is 16.8 Å². The SMILES string of the molecule is CCC1CC(Cc2nc(Nc3nccs3)ccc2F)(C(=O)O)CCN1Cc1cccc(F)c1F. The number of aromatic nitrogens is 2. The molecule has 1 aliphatic rings. The number of benzene rings is 1. The standard InChI is InChI=1S/C24H25F3N4O2S/c1-2-16-12-24(22(32)33,8-10-31(16)14-15-4-3-5-18(26)21(15)27)13-19-17(25)6-7-20(29-19)30-23-28-9-11-34-23/h3-7,9,11,16H,2,8,10,12-14H2,1H3,(H,32,33)(H,28,29,30). The second-order valence-corrected chi connectivity index (χ2v) is 9.44. The van der Waals surface area contributed by atoms with E-state index in [0.29, 0.717) is 23.9 Å². The molecule has 0 saturated carbocycles. The Morgan fingerprint density at radius 2 is 2.09 bits per heavy atom. The van der Waals surface area contributed by atoms with Crippen molar-refractivity contribution in [2.24, 2.45) is 5.41 Å². The number of likely N-dealkylation sites (tertiary alicyclic amines) is 1. The van der Waals surface area contributed by atoms with Gasteiger partial charge in [-0.1, -0.05) is 19.1 Å². The van der Waals surface area contributed by atoms with Crippen molar-refractivity contribution < 1.29 is 23.1 Å². The number of hydrogen-bond donors (Lipinski definition) is 2. The summed E-state index contributed by atoms with van der Waals surface area (Å²) >= 11 is 1.37. The number of thiazole rings is 1. The molecule has 2 atom stereocenters. The van der Waals surface area contributed by atoms with Gasteiger partial charge in [0.1, 0.15) is 11.6 Å². The van der Waals surface area contributed by atoms with Crippen LogP contribution in [0.15, 0.2) is 41.9 Å². The molecule has 3 aromatic rings. The topological polar surface area (TPSA) is 78.3 Å². The minimum atomic E-state index is -1.22. The summed E-state index contributed by atoms with van der Waals surface area (Å²) in [5.74, 6) is -2.99. The average molecular weight is 491 g/mol. The largest absolute Gasteiger partial charge is 0.481 e. The number of carboxylic acids is 1. The lowest BCUT2D eigenvalue weighted by Crippen LogP contribution is -2.50. The fourth-order valence-corrected chi connectivity index (χ4v) is 5.08. The predicted octanol–water partition coefficient (Wildman–Crippen LogP) is 5.39. The summed E-state index contributed by atoms with van der Waals surface area (Å²) in [4.78, 5) is 22.9. The van der Waals surface area contributed by atoms with E-state index in [1.54, 1.807) is 11.6 Å². The van der Waals surface area contributed by atoms with Crippen LogP contribution in [-0.4, -0.2) is 38.5 Å². The van der Waals surface area contributed by atoms with Crippen LogP contribution in [0.3, 0.4) is 0 Å². The third-order valence-corrected chi connectivity index (χ3v) is 7.13. The van der Waals surface area contributed by atoms with Gasteiger partial charge in [0.25, 0.3) is 0 Å².